The third-order valence-corrected chi connectivity index (χ3v) is 5.43. The Labute approximate surface area is 163 Å². The molecular weight excluding hydrogens is 358 g/mol. The zero-order chi connectivity index (χ0) is 19.8. The topological polar surface area (TPSA) is 91.5 Å². The van der Waals surface area contributed by atoms with Gasteiger partial charge in [-0.05, 0) is 31.9 Å². The van der Waals surface area contributed by atoms with Crippen LogP contribution in [0.4, 0.5) is 5.69 Å². The van der Waals surface area contributed by atoms with E-state index in [1.807, 2.05) is 25.1 Å². The minimum absolute atomic E-state index is 0.0104. The van der Waals surface area contributed by atoms with Crippen LogP contribution in [0.5, 0.6) is 5.75 Å². The first-order chi connectivity index (χ1) is 13.5. The molecule has 1 atom stereocenters. The largest absolute Gasteiger partial charge is 0.497 e. The molecule has 2 amide bonds. The summed E-state index contributed by atoms with van der Waals surface area (Å²) in [5.74, 6) is 0.333. The van der Waals surface area contributed by atoms with Crippen molar-refractivity contribution < 1.29 is 19.1 Å². The zero-order valence-corrected chi connectivity index (χ0v) is 16.0. The maximum absolute atomic E-state index is 12.9. The van der Waals surface area contributed by atoms with E-state index in [4.69, 9.17) is 4.74 Å². The second kappa shape index (κ2) is 7.14. The second-order valence-corrected chi connectivity index (χ2v) is 7.34. The van der Waals surface area contributed by atoms with Gasteiger partial charge in [-0.15, -0.1) is 0 Å². The first-order valence-corrected chi connectivity index (χ1v) is 9.48. The van der Waals surface area contributed by atoms with Crippen molar-refractivity contribution in [3.63, 3.8) is 0 Å². The van der Waals surface area contributed by atoms with Gasteiger partial charge >= 0.3 is 0 Å². The summed E-state index contributed by atoms with van der Waals surface area (Å²) in [5, 5.41) is 2.95. The van der Waals surface area contributed by atoms with E-state index in [1.54, 1.807) is 18.1 Å². The van der Waals surface area contributed by atoms with Gasteiger partial charge in [0.1, 0.15) is 5.75 Å². The Hall–Kier alpha value is -3.09. The molecule has 4 rings (SSSR count). The number of amides is 2. The highest BCUT2D eigenvalue weighted by atomic mass is 16.5. The molecule has 146 valence electrons. The predicted molar refractivity (Wildman–Crippen MR) is 104 cm³/mol. The number of Topliss-reactive ketones (excluding diaryl/α,β-unsaturated/α-hetero) is 1. The van der Waals surface area contributed by atoms with E-state index < -0.39 is 0 Å². The van der Waals surface area contributed by atoms with Crippen LogP contribution in [0.25, 0.3) is 0 Å². The van der Waals surface area contributed by atoms with Gasteiger partial charge in [-0.3, -0.25) is 14.4 Å². The van der Waals surface area contributed by atoms with Crippen LogP contribution in [0.1, 0.15) is 51.4 Å². The smallest absolute Gasteiger partial charge is 0.254 e. The van der Waals surface area contributed by atoms with Crippen molar-refractivity contribution >= 4 is 23.3 Å². The van der Waals surface area contributed by atoms with Crippen LogP contribution >= 0.6 is 0 Å². The van der Waals surface area contributed by atoms with Gasteiger partial charge in [0.15, 0.2) is 5.78 Å². The van der Waals surface area contributed by atoms with E-state index in [0.29, 0.717) is 35.5 Å². The van der Waals surface area contributed by atoms with Gasteiger partial charge in [0, 0.05) is 42.5 Å². The quantitative estimate of drug-likeness (QED) is 0.851. The molecule has 2 heterocycles. The van der Waals surface area contributed by atoms with E-state index in [-0.39, 0.29) is 30.1 Å². The van der Waals surface area contributed by atoms with Crippen molar-refractivity contribution in [3.8, 4) is 5.75 Å². The Morgan fingerprint density at radius 1 is 1.29 bits per heavy atom. The minimum atomic E-state index is -0.310. The predicted octanol–water partition coefficient (Wildman–Crippen LogP) is 2.39. The molecule has 2 aromatic rings. The molecule has 7 nitrogen and oxygen atoms in total. The Morgan fingerprint density at radius 2 is 2.11 bits per heavy atom. The Kier molecular flexibility index (Phi) is 4.66. The maximum atomic E-state index is 12.9. The number of anilines is 1. The lowest BCUT2D eigenvalue weighted by Gasteiger charge is -2.18. The summed E-state index contributed by atoms with van der Waals surface area (Å²) in [4.78, 5) is 42.6. The third-order valence-electron chi connectivity index (χ3n) is 5.43. The lowest BCUT2D eigenvalue weighted by atomic mass is 9.93. The van der Waals surface area contributed by atoms with E-state index >= 15 is 0 Å². The van der Waals surface area contributed by atoms with Gasteiger partial charge in [-0.25, -0.2) is 0 Å². The molecule has 1 aliphatic heterocycles. The van der Waals surface area contributed by atoms with Gasteiger partial charge in [0.2, 0.25) is 5.91 Å². The number of fused-ring (bicyclic) bond motifs is 1. The number of aromatic amines is 1. The van der Waals surface area contributed by atoms with E-state index in [2.05, 4.69) is 10.3 Å². The number of methoxy groups -OCH3 is 1. The fourth-order valence-corrected chi connectivity index (χ4v) is 4.11. The number of benzene rings is 1. The molecule has 0 saturated carbocycles. The third kappa shape index (κ3) is 3.17. The molecule has 2 aliphatic rings. The second-order valence-electron chi connectivity index (χ2n) is 7.34. The monoisotopic (exact) mass is 381 g/mol. The van der Waals surface area contributed by atoms with Crippen LogP contribution in [0, 0.1) is 6.92 Å². The average Bonchev–Trinajstić information content (AvgIpc) is 3.21. The Balaban J connectivity index is 1.51. The van der Waals surface area contributed by atoms with Crippen molar-refractivity contribution in [2.75, 3.05) is 18.6 Å². The SMILES string of the molecule is COc1cccc(N2C[C@H](NC(=O)c3c(C)[nH]c4c3C(=O)CCC4)CC2=O)c1. The average molecular weight is 381 g/mol. The molecular formula is C21H23N3O4. The molecule has 1 fully saturated rings. The van der Waals surface area contributed by atoms with Crippen molar-refractivity contribution in [1.29, 1.82) is 0 Å². The Morgan fingerprint density at radius 3 is 2.89 bits per heavy atom. The minimum Gasteiger partial charge on any atom is -0.497 e. The first-order valence-electron chi connectivity index (χ1n) is 9.48. The number of H-pyrrole nitrogens is 1. The normalized spacial score (nSPS) is 18.9. The number of rotatable bonds is 4. The number of carbonyl (C=O) groups is 3. The number of nitrogens with zero attached hydrogens (tertiary/aromatic N) is 1. The van der Waals surface area contributed by atoms with Gasteiger partial charge in [0.05, 0.1) is 24.3 Å². The molecule has 2 N–H and O–H groups in total. The molecule has 1 aliphatic carbocycles. The summed E-state index contributed by atoms with van der Waals surface area (Å²) in [6.45, 7) is 2.19. The van der Waals surface area contributed by atoms with Gasteiger partial charge in [-0.2, -0.15) is 0 Å². The molecule has 0 spiro atoms. The van der Waals surface area contributed by atoms with Crippen molar-refractivity contribution in [2.45, 2.75) is 38.6 Å². The van der Waals surface area contributed by atoms with Crippen LogP contribution in [0.3, 0.4) is 0 Å². The van der Waals surface area contributed by atoms with Crippen molar-refractivity contribution in [3.05, 3.63) is 46.8 Å². The maximum Gasteiger partial charge on any atom is 0.254 e. The summed E-state index contributed by atoms with van der Waals surface area (Å²) in [7, 11) is 1.58. The van der Waals surface area contributed by atoms with Crippen molar-refractivity contribution in [1.82, 2.24) is 10.3 Å². The summed E-state index contributed by atoms with van der Waals surface area (Å²) in [5.41, 5.74) is 3.24. The molecule has 28 heavy (non-hydrogen) atoms. The number of ketones is 1. The summed E-state index contributed by atoms with van der Waals surface area (Å²) < 4.78 is 5.22. The molecule has 7 heteroatoms. The number of ether oxygens (including phenoxy) is 1. The van der Waals surface area contributed by atoms with Crippen molar-refractivity contribution in [2.24, 2.45) is 0 Å². The van der Waals surface area contributed by atoms with Gasteiger partial charge < -0.3 is 19.9 Å². The number of nitrogens with one attached hydrogen (secondary N) is 2. The van der Waals surface area contributed by atoms with Crippen LogP contribution in [-0.2, 0) is 11.2 Å². The first kappa shape index (κ1) is 18.3. The highest BCUT2D eigenvalue weighted by Crippen LogP contribution is 2.28. The highest BCUT2D eigenvalue weighted by Gasteiger charge is 2.34. The summed E-state index contributed by atoms with van der Waals surface area (Å²) in [6, 6.07) is 6.98. The standard InChI is InChI=1S/C21H23N3O4/c1-12-19(20-16(22-12)7-4-8-17(20)25)21(27)23-13-9-18(26)24(11-13)14-5-3-6-15(10-14)28-2/h3,5-6,10,13,22H,4,7-9,11H2,1-2H3,(H,23,27)/t13-/m1/s1. The van der Waals surface area contributed by atoms with E-state index in [1.165, 1.54) is 0 Å². The van der Waals surface area contributed by atoms with Crippen LogP contribution in [0.15, 0.2) is 24.3 Å². The van der Waals surface area contributed by atoms with Gasteiger partial charge in [-0.1, -0.05) is 6.07 Å². The molecule has 1 saturated heterocycles. The van der Waals surface area contributed by atoms with E-state index in [9.17, 15) is 14.4 Å². The lowest BCUT2D eigenvalue weighted by Crippen LogP contribution is -2.38. The number of aromatic nitrogens is 1. The number of hydrogen-bond donors (Lipinski definition) is 2. The van der Waals surface area contributed by atoms with Gasteiger partial charge in [0.25, 0.3) is 5.91 Å². The highest BCUT2D eigenvalue weighted by molar-refractivity contribution is 6.10. The molecule has 1 aromatic carbocycles. The molecule has 0 bridgehead atoms. The number of hydrogen-bond acceptors (Lipinski definition) is 4. The van der Waals surface area contributed by atoms with Crippen LogP contribution < -0.4 is 15.0 Å². The zero-order valence-electron chi connectivity index (χ0n) is 16.0. The van der Waals surface area contributed by atoms with E-state index in [0.717, 1.165) is 24.2 Å². The summed E-state index contributed by atoms with van der Waals surface area (Å²) in [6.07, 6.45) is 2.28. The lowest BCUT2D eigenvalue weighted by molar-refractivity contribution is -0.117. The van der Waals surface area contributed by atoms with Crippen LogP contribution in [0.2, 0.25) is 0 Å². The van der Waals surface area contributed by atoms with Crippen LogP contribution in [-0.4, -0.2) is 42.3 Å². The Bertz CT molecular complexity index is 963. The molecule has 0 unspecified atom stereocenters. The summed E-state index contributed by atoms with van der Waals surface area (Å²) >= 11 is 0. The number of carbonyl (C=O) groups excluding carboxylic acids is 3. The molecule has 1 aromatic heterocycles. The molecule has 0 radical (unpaired) electrons. The fourth-order valence-electron chi connectivity index (χ4n) is 4.11. The fraction of sp³-hybridized carbons (Fsp3) is 0.381. The number of aryl methyl sites for hydroxylation is 2.